The number of nitrogens with zero attached hydrogens (tertiary/aromatic N) is 3. The number of nitrogen functional groups attached to an aromatic ring is 1. The molecular weight excluding hydrogens is 214 g/mol. The van der Waals surface area contributed by atoms with E-state index in [4.69, 9.17) is 5.84 Å². The number of aryl methyl sites for hydroxylation is 1. The molecular formula is C12H21N5. The zero-order valence-electron chi connectivity index (χ0n) is 10.6. The Kier molecular flexibility index (Phi) is 3.78. The van der Waals surface area contributed by atoms with E-state index in [-0.39, 0.29) is 0 Å². The second-order valence-corrected chi connectivity index (χ2v) is 4.70. The molecule has 1 fully saturated rings. The van der Waals surface area contributed by atoms with Gasteiger partial charge in [0.2, 0.25) is 0 Å². The molecule has 1 aromatic rings. The van der Waals surface area contributed by atoms with Crippen molar-refractivity contribution in [3.05, 3.63) is 11.9 Å². The van der Waals surface area contributed by atoms with Gasteiger partial charge in [0.1, 0.15) is 17.5 Å². The highest BCUT2D eigenvalue weighted by Crippen LogP contribution is 2.22. The maximum Gasteiger partial charge on any atom is 0.145 e. The van der Waals surface area contributed by atoms with Gasteiger partial charge < -0.3 is 10.3 Å². The summed E-state index contributed by atoms with van der Waals surface area (Å²) in [6.45, 7) is 6.51. The molecule has 3 N–H and O–H groups in total. The van der Waals surface area contributed by atoms with Crippen molar-refractivity contribution in [1.29, 1.82) is 0 Å². The second kappa shape index (κ2) is 5.31. The Morgan fingerprint density at radius 3 is 2.71 bits per heavy atom. The van der Waals surface area contributed by atoms with E-state index >= 15 is 0 Å². The molecule has 0 spiro atoms. The van der Waals surface area contributed by atoms with Crippen molar-refractivity contribution in [2.24, 2.45) is 11.8 Å². The molecule has 5 nitrogen and oxygen atoms in total. The molecule has 2 heterocycles. The largest absolute Gasteiger partial charge is 0.356 e. The molecule has 5 heteroatoms. The van der Waals surface area contributed by atoms with Crippen LogP contribution in [0.15, 0.2) is 6.07 Å². The summed E-state index contributed by atoms with van der Waals surface area (Å²) in [5.41, 5.74) is 2.61. The number of hydrogen-bond acceptors (Lipinski definition) is 5. The smallest absolute Gasteiger partial charge is 0.145 e. The zero-order valence-corrected chi connectivity index (χ0v) is 10.6. The van der Waals surface area contributed by atoms with Crippen LogP contribution >= 0.6 is 0 Å². The van der Waals surface area contributed by atoms with E-state index in [0.717, 1.165) is 37.1 Å². The molecule has 1 aromatic heterocycles. The summed E-state index contributed by atoms with van der Waals surface area (Å²) >= 11 is 0. The van der Waals surface area contributed by atoms with E-state index < -0.39 is 0 Å². The van der Waals surface area contributed by atoms with Gasteiger partial charge in [-0.25, -0.2) is 15.8 Å². The predicted molar refractivity (Wildman–Crippen MR) is 69.8 cm³/mol. The first-order valence-electron chi connectivity index (χ1n) is 6.32. The first-order chi connectivity index (χ1) is 8.22. The van der Waals surface area contributed by atoms with Gasteiger partial charge >= 0.3 is 0 Å². The lowest BCUT2D eigenvalue weighted by molar-refractivity contribution is 0.436. The van der Waals surface area contributed by atoms with Gasteiger partial charge in [-0.3, -0.25) is 0 Å². The average Bonchev–Trinajstić information content (AvgIpc) is 2.39. The Labute approximate surface area is 102 Å². The van der Waals surface area contributed by atoms with E-state index in [0.29, 0.717) is 5.82 Å². The van der Waals surface area contributed by atoms with Gasteiger partial charge in [-0.05, 0) is 18.8 Å². The van der Waals surface area contributed by atoms with Crippen LogP contribution in [0, 0.1) is 5.92 Å². The molecule has 0 aliphatic carbocycles. The van der Waals surface area contributed by atoms with Gasteiger partial charge in [0.05, 0.1) is 0 Å². The van der Waals surface area contributed by atoms with Crippen LogP contribution in [0.25, 0.3) is 0 Å². The van der Waals surface area contributed by atoms with Crippen LogP contribution in [-0.2, 0) is 6.42 Å². The summed E-state index contributed by atoms with van der Waals surface area (Å²) in [7, 11) is 0. The van der Waals surface area contributed by atoms with Gasteiger partial charge in [0, 0.05) is 25.6 Å². The van der Waals surface area contributed by atoms with Crippen molar-refractivity contribution in [1.82, 2.24) is 9.97 Å². The van der Waals surface area contributed by atoms with Gasteiger partial charge in [-0.1, -0.05) is 13.8 Å². The van der Waals surface area contributed by atoms with Crippen molar-refractivity contribution in [3.8, 4) is 0 Å². The van der Waals surface area contributed by atoms with Crippen molar-refractivity contribution in [2.75, 3.05) is 23.4 Å². The number of hydrogen-bond donors (Lipinski definition) is 2. The number of nitrogens with two attached hydrogens (primary N) is 1. The van der Waals surface area contributed by atoms with Crippen molar-refractivity contribution in [2.45, 2.75) is 33.1 Å². The third kappa shape index (κ3) is 2.85. The third-order valence-electron chi connectivity index (χ3n) is 3.33. The number of piperidine rings is 1. The molecule has 0 radical (unpaired) electrons. The summed E-state index contributed by atoms with van der Waals surface area (Å²) in [6, 6.07) is 1.93. The minimum Gasteiger partial charge on any atom is -0.356 e. The first kappa shape index (κ1) is 12.1. The fourth-order valence-corrected chi connectivity index (χ4v) is 2.11. The number of rotatable bonds is 3. The Bertz CT molecular complexity index is 349. The fraction of sp³-hybridized carbons (Fsp3) is 0.667. The molecule has 17 heavy (non-hydrogen) atoms. The highest BCUT2D eigenvalue weighted by Gasteiger charge is 2.18. The summed E-state index contributed by atoms with van der Waals surface area (Å²) in [5, 5.41) is 0. The van der Waals surface area contributed by atoms with Crippen molar-refractivity contribution < 1.29 is 0 Å². The predicted octanol–water partition coefficient (Wildman–Crippen LogP) is 1.56. The highest BCUT2D eigenvalue weighted by atomic mass is 15.3. The normalized spacial score (nSPS) is 17.2. The zero-order chi connectivity index (χ0) is 12.3. The quantitative estimate of drug-likeness (QED) is 0.615. The van der Waals surface area contributed by atoms with Gasteiger partial charge in [-0.15, -0.1) is 0 Å². The molecule has 2 rings (SSSR count). The van der Waals surface area contributed by atoms with Gasteiger partial charge in [-0.2, -0.15) is 0 Å². The maximum atomic E-state index is 5.44. The Morgan fingerprint density at radius 2 is 2.12 bits per heavy atom. The Balaban J connectivity index is 2.19. The minimum atomic E-state index is 0.700. The van der Waals surface area contributed by atoms with Crippen molar-refractivity contribution >= 4 is 11.6 Å². The van der Waals surface area contributed by atoms with Crippen LogP contribution in [0.4, 0.5) is 11.6 Å². The number of anilines is 2. The maximum absolute atomic E-state index is 5.44. The molecule has 94 valence electrons. The molecule has 0 unspecified atom stereocenters. The van der Waals surface area contributed by atoms with Crippen LogP contribution in [-0.4, -0.2) is 23.1 Å². The lowest BCUT2D eigenvalue weighted by Crippen LogP contribution is -2.33. The van der Waals surface area contributed by atoms with Gasteiger partial charge in [0.25, 0.3) is 0 Å². The molecule has 0 saturated carbocycles. The molecule has 1 aliphatic heterocycles. The lowest BCUT2D eigenvalue weighted by Gasteiger charge is -2.31. The second-order valence-electron chi connectivity index (χ2n) is 4.70. The van der Waals surface area contributed by atoms with Crippen LogP contribution in [0.2, 0.25) is 0 Å². The fourth-order valence-electron chi connectivity index (χ4n) is 2.11. The molecule has 0 amide bonds. The highest BCUT2D eigenvalue weighted by molar-refractivity contribution is 5.49. The standard InChI is InChI=1S/C12H21N5/c1-3-10-14-11(16-13)8-12(15-10)17-6-4-9(2)5-7-17/h8-9H,3-7,13H2,1-2H3,(H,14,15,16). The number of nitrogens with one attached hydrogen (secondary N) is 1. The molecule has 0 aromatic carbocycles. The van der Waals surface area contributed by atoms with Gasteiger partial charge in [0.15, 0.2) is 0 Å². The summed E-state index contributed by atoms with van der Waals surface area (Å²) < 4.78 is 0. The van der Waals surface area contributed by atoms with Crippen molar-refractivity contribution in [3.63, 3.8) is 0 Å². The van der Waals surface area contributed by atoms with Crippen LogP contribution in [0.3, 0.4) is 0 Å². The molecule has 1 aliphatic rings. The van der Waals surface area contributed by atoms with E-state index in [1.165, 1.54) is 12.8 Å². The average molecular weight is 235 g/mol. The van der Waals surface area contributed by atoms with Crippen LogP contribution in [0.5, 0.6) is 0 Å². The Hall–Kier alpha value is -1.36. The summed E-state index contributed by atoms with van der Waals surface area (Å²) in [5.74, 6) is 8.80. The topological polar surface area (TPSA) is 67.1 Å². The number of aromatic nitrogens is 2. The number of hydrazine groups is 1. The monoisotopic (exact) mass is 235 g/mol. The summed E-state index contributed by atoms with van der Waals surface area (Å²) in [4.78, 5) is 11.2. The summed E-state index contributed by atoms with van der Waals surface area (Å²) in [6.07, 6.45) is 3.29. The van der Waals surface area contributed by atoms with E-state index in [2.05, 4.69) is 34.1 Å². The molecule has 1 saturated heterocycles. The van der Waals surface area contributed by atoms with Crippen LogP contribution in [0.1, 0.15) is 32.5 Å². The van der Waals surface area contributed by atoms with E-state index in [1.807, 2.05) is 6.07 Å². The van der Waals surface area contributed by atoms with E-state index in [9.17, 15) is 0 Å². The first-order valence-corrected chi connectivity index (χ1v) is 6.32. The van der Waals surface area contributed by atoms with Crippen LogP contribution < -0.4 is 16.2 Å². The third-order valence-corrected chi connectivity index (χ3v) is 3.33. The SMILES string of the molecule is CCc1nc(NN)cc(N2CCC(C)CC2)n1. The van der Waals surface area contributed by atoms with E-state index in [1.54, 1.807) is 0 Å². The molecule has 0 atom stereocenters. The minimum absolute atomic E-state index is 0.700. The Morgan fingerprint density at radius 1 is 1.41 bits per heavy atom. The molecule has 0 bridgehead atoms. The lowest BCUT2D eigenvalue weighted by atomic mass is 9.99.